The van der Waals surface area contributed by atoms with Gasteiger partial charge in [-0.2, -0.15) is 0 Å². The van der Waals surface area contributed by atoms with Crippen molar-refractivity contribution in [2.45, 2.75) is 19.4 Å². The largest absolute Gasteiger partial charge is 0.488 e. The SMILES string of the molecule is CC(C(N)=O)c1ccc(COc2ccccc2-c2cnc[nH]2)cc1. The minimum absolute atomic E-state index is 0.291. The van der Waals surface area contributed by atoms with Gasteiger partial charge in [0.25, 0.3) is 0 Å². The van der Waals surface area contributed by atoms with Crippen LogP contribution in [0.4, 0.5) is 0 Å². The molecule has 1 unspecified atom stereocenters. The van der Waals surface area contributed by atoms with E-state index in [0.29, 0.717) is 6.61 Å². The number of ether oxygens (including phenoxy) is 1. The second kappa shape index (κ2) is 7.00. The molecule has 122 valence electrons. The molecule has 24 heavy (non-hydrogen) atoms. The Bertz CT molecular complexity index is 811. The average Bonchev–Trinajstić information content (AvgIpc) is 3.14. The minimum Gasteiger partial charge on any atom is -0.488 e. The number of aromatic nitrogens is 2. The van der Waals surface area contributed by atoms with Crippen LogP contribution in [0.5, 0.6) is 5.75 Å². The molecule has 5 nitrogen and oxygen atoms in total. The van der Waals surface area contributed by atoms with Crippen molar-refractivity contribution in [3.63, 3.8) is 0 Å². The third-order valence-electron chi connectivity index (χ3n) is 3.98. The smallest absolute Gasteiger partial charge is 0.224 e. The van der Waals surface area contributed by atoms with Gasteiger partial charge in [-0.3, -0.25) is 4.79 Å². The first-order valence-corrected chi connectivity index (χ1v) is 7.74. The lowest BCUT2D eigenvalue weighted by Crippen LogP contribution is -2.18. The van der Waals surface area contributed by atoms with Crippen molar-refractivity contribution in [2.75, 3.05) is 0 Å². The molecule has 0 aliphatic heterocycles. The number of hydrogen-bond acceptors (Lipinski definition) is 3. The Kier molecular flexibility index (Phi) is 4.61. The molecule has 0 saturated carbocycles. The molecule has 0 bridgehead atoms. The predicted octanol–water partition coefficient (Wildman–Crippen LogP) is 3.24. The molecule has 0 spiro atoms. The zero-order valence-electron chi connectivity index (χ0n) is 13.4. The monoisotopic (exact) mass is 321 g/mol. The Morgan fingerprint density at radius 2 is 1.96 bits per heavy atom. The molecule has 0 fully saturated rings. The normalized spacial score (nSPS) is 11.9. The number of carbonyl (C=O) groups excluding carboxylic acids is 1. The maximum atomic E-state index is 11.2. The highest BCUT2D eigenvalue weighted by molar-refractivity contribution is 5.81. The van der Waals surface area contributed by atoms with E-state index < -0.39 is 0 Å². The maximum Gasteiger partial charge on any atom is 0.224 e. The van der Waals surface area contributed by atoms with Gasteiger partial charge in [-0.05, 0) is 30.2 Å². The van der Waals surface area contributed by atoms with Crippen LogP contribution in [0.25, 0.3) is 11.3 Å². The van der Waals surface area contributed by atoms with E-state index in [0.717, 1.165) is 28.1 Å². The van der Waals surface area contributed by atoms with Crippen LogP contribution in [-0.2, 0) is 11.4 Å². The summed E-state index contributed by atoms with van der Waals surface area (Å²) in [5, 5.41) is 0. The van der Waals surface area contributed by atoms with Crippen molar-refractivity contribution < 1.29 is 9.53 Å². The molecule has 3 N–H and O–H groups in total. The topological polar surface area (TPSA) is 81.0 Å². The Balaban J connectivity index is 1.72. The molecule has 0 aliphatic carbocycles. The highest BCUT2D eigenvalue weighted by Gasteiger charge is 2.11. The van der Waals surface area contributed by atoms with Crippen molar-refractivity contribution in [3.05, 3.63) is 72.2 Å². The second-order valence-electron chi connectivity index (χ2n) is 5.62. The lowest BCUT2D eigenvalue weighted by atomic mass is 9.99. The summed E-state index contributed by atoms with van der Waals surface area (Å²) in [6, 6.07) is 15.5. The summed E-state index contributed by atoms with van der Waals surface area (Å²) in [6.45, 7) is 2.24. The number of hydrogen-bond donors (Lipinski definition) is 2. The molecule has 0 saturated heterocycles. The van der Waals surface area contributed by atoms with E-state index in [2.05, 4.69) is 9.97 Å². The van der Waals surface area contributed by atoms with Gasteiger partial charge in [0.1, 0.15) is 12.4 Å². The molecule has 3 aromatic rings. The molecule has 1 aromatic heterocycles. The van der Waals surface area contributed by atoms with Crippen LogP contribution < -0.4 is 10.5 Å². The third kappa shape index (κ3) is 3.46. The predicted molar refractivity (Wildman–Crippen MR) is 92.4 cm³/mol. The molecule has 2 aromatic carbocycles. The van der Waals surface area contributed by atoms with Crippen molar-refractivity contribution in [1.82, 2.24) is 9.97 Å². The molecule has 0 radical (unpaired) electrons. The van der Waals surface area contributed by atoms with Gasteiger partial charge in [-0.15, -0.1) is 0 Å². The lowest BCUT2D eigenvalue weighted by Gasteiger charge is -2.12. The molecule has 3 rings (SSSR count). The summed E-state index contributed by atoms with van der Waals surface area (Å²) in [6.07, 6.45) is 3.41. The van der Waals surface area contributed by atoms with Crippen molar-refractivity contribution >= 4 is 5.91 Å². The zero-order chi connectivity index (χ0) is 16.9. The maximum absolute atomic E-state index is 11.2. The van der Waals surface area contributed by atoms with Gasteiger partial charge in [-0.25, -0.2) is 4.98 Å². The van der Waals surface area contributed by atoms with E-state index >= 15 is 0 Å². The number of para-hydroxylation sites is 1. The highest BCUT2D eigenvalue weighted by atomic mass is 16.5. The van der Waals surface area contributed by atoms with Crippen molar-refractivity contribution in [2.24, 2.45) is 5.73 Å². The Labute approximate surface area is 140 Å². The van der Waals surface area contributed by atoms with Crippen LogP contribution in [0.2, 0.25) is 0 Å². The minimum atomic E-state index is -0.326. The van der Waals surface area contributed by atoms with Gasteiger partial charge >= 0.3 is 0 Å². The summed E-state index contributed by atoms with van der Waals surface area (Å²) in [5.74, 6) is 0.171. The number of amides is 1. The molecular formula is C19H19N3O2. The van der Waals surface area contributed by atoms with Gasteiger partial charge in [-0.1, -0.05) is 36.4 Å². The van der Waals surface area contributed by atoms with E-state index in [1.54, 1.807) is 19.4 Å². The van der Waals surface area contributed by atoms with Gasteiger partial charge in [0.15, 0.2) is 0 Å². The van der Waals surface area contributed by atoms with Gasteiger partial charge in [0.05, 0.1) is 24.1 Å². The Morgan fingerprint density at radius 3 is 2.62 bits per heavy atom. The summed E-state index contributed by atoms with van der Waals surface area (Å²) in [7, 11) is 0. The van der Waals surface area contributed by atoms with E-state index in [-0.39, 0.29) is 11.8 Å². The summed E-state index contributed by atoms with van der Waals surface area (Å²) < 4.78 is 5.96. The average molecular weight is 321 g/mol. The molecular weight excluding hydrogens is 302 g/mol. The van der Waals surface area contributed by atoms with Crippen LogP contribution >= 0.6 is 0 Å². The fourth-order valence-electron chi connectivity index (χ4n) is 2.45. The standard InChI is InChI=1S/C19H19N3O2/c1-13(19(20)23)15-8-6-14(7-9-15)11-24-18-5-3-2-4-16(18)17-10-21-12-22-17/h2-10,12-13H,11H2,1H3,(H2,20,23)(H,21,22). The van der Waals surface area contributed by atoms with Crippen LogP contribution in [0, 0.1) is 0 Å². The number of H-pyrrole nitrogens is 1. The first-order chi connectivity index (χ1) is 11.6. The Hall–Kier alpha value is -3.08. The number of benzene rings is 2. The number of primary amides is 1. The van der Waals surface area contributed by atoms with Gasteiger partial charge in [0, 0.05) is 5.56 Å². The van der Waals surface area contributed by atoms with E-state index in [9.17, 15) is 4.79 Å². The van der Waals surface area contributed by atoms with Crippen LogP contribution in [0.3, 0.4) is 0 Å². The second-order valence-corrected chi connectivity index (χ2v) is 5.62. The van der Waals surface area contributed by atoms with E-state index in [4.69, 9.17) is 10.5 Å². The molecule has 1 amide bonds. The highest BCUT2D eigenvalue weighted by Crippen LogP contribution is 2.28. The van der Waals surface area contributed by atoms with Crippen molar-refractivity contribution in [3.8, 4) is 17.0 Å². The first kappa shape index (κ1) is 15.8. The molecule has 1 atom stereocenters. The number of imidazole rings is 1. The lowest BCUT2D eigenvalue weighted by molar-refractivity contribution is -0.119. The molecule has 1 heterocycles. The number of carbonyl (C=O) groups is 1. The zero-order valence-corrected chi connectivity index (χ0v) is 13.4. The third-order valence-corrected chi connectivity index (χ3v) is 3.98. The summed E-state index contributed by atoms with van der Waals surface area (Å²) in [4.78, 5) is 18.4. The summed E-state index contributed by atoms with van der Waals surface area (Å²) >= 11 is 0. The van der Waals surface area contributed by atoms with Crippen LogP contribution in [0.1, 0.15) is 24.0 Å². The van der Waals surface area contributed by atoms with Gasteiger partial charge in [0.2, 0.25) is 5.91 Å². The fraction of sp³-hybridized carbons (Fsp3) is 0.158. The molecule has 5 heteroatoms. The number of rotatable bonds is 6. The summed E-state index contributed by atoms with van der Waals surface area (Å²) in [5.41, 5.74) is 9.14. The molecule has 0 aliphatic rings. The van der Waals surface area contributed by atoms with E-state index in [1.807, 2.05) is 48.5 Å². The fourth-order valence-corrected chi connectivity index (χ4v) is 2.45. The number of nitrogens with one attached hydrogen (secondary N) is 1. The van der Waals surface area contributed by atoms with Crippen molar-refractivity contribution in [1.29, 1.82) is 0 Å². The quantitative estimate of drug-likeness (QED) is 0.731. The number of nitrogens with zero attached hydrogens (tertiary/aromatic N) is 1. The van der Waals surface area contributed by atoms with Gasteiger partial charge < -0.3 is 15.5 Å². The van der Waals surface area contributed by atoms with Crippen LogP contribution in [-0.4, -0.2) is 15.9 Å². The Morgan fingerprint density at radius 1 is 1.21 bits per heavy atom. The number of aromatic amines is 1. The first-order valence-electron chi connectivity index (χ1n) is 7.74. The number of nitrogens with two attached hydrogens (primary N) is 1. The van der Waals surface area contributed by atoms with Crippen LogP contribution in [0.15, 0.2) is 61.1 Å². The van der Waals surface area contributed by atoms with E-state index in [1.165, 1.54) is 0 Å².